The minimum atomic E-state index is -0.170. The molecule has 0 saturated heterocycles. The van der Waals surface area contributed by atoms with Gasteiger partial charge in [0, 0.05) is 24.7 Å². The van der Waals surface area contributed by atoms with Gasteiger partial charge in [0.2, 0.25) is 0 Å². The molecule has 0 aliphatic heterocycles. The SMILES string of the molecule is Cc1cc(C(=O)N(C)CC2(c3ccccc3)CC2(C)C)c(O)cn1. The van der Waals surface area contributed by atoms with E-state index >= 15 is 0 Å². The van der Waals surface area contributed by atoms with Crippen molar-refractivity contribution in [2.45, 2.75) is 32.6 Å². The number of hydrogen-bond acceptors (Lipinski definition) is 3. The highest BCUT2D eigenvalue weighted by Crippen LogP contribution is 2.64. The van der Waals surface area contributed by atoms with Crippen molar-refractivity contribution in [2.24, 2.45) is 5.41 Å². The summed E-state index contributed by atoms with van der Waals surface area (Å²) >= 11 is 0. The fourth-order valence-electron chi connectivity index (χ4n) is 3.73. The molecule has 2 aromatic rings. The first kappa shape index (κ1) is 16.5. The number of likely N-dealkylation sites (N-methyl/N-ethyl adjacent to an activating group) is 1. The number of aromatic hydroxyl groups is 1. The maximum Gasteiger partial charge on any atom is 0.257 e. The molecule has 1 aromatic heterocycles. The second kappa shape index (κ2) is 5.62. The monoisotopic (exact) mass is 324 g/mol. The number of pyridine rings is 1. The first-order valence-corrected chi connectivity index (χ1v) is 8.23. The fourth-order valence-corrected chi connectivity index (χ4v) is 3.73. The summed E-state index contributed by atoms with van der Waals surface area (Å²) in [5, 5.41) is 9.98. The Labute approximate surface area is 143 Å². The summed E-state index contributed by atoms with van der Waals surface area (Å²) in [5.74, 6) is -0.239. The summed E-state index contributed by atoms with van der Waals surface area (Å²) in [4.78, 5) is 18.5. The predicted octanol–water partition coefficient (Wildman–Crippen LogP) is 3.54. The molecular weight excluding hydrogens is 300 g/mol. The molecule has 0 spiro atoms. The molecule has 4 nitrogen and oxygen atoms in total. The zero-order valence-corrected chi connectivity index (χ0v) is 14.7. The first-order chi connectivity index (χ1) is 11.3. The van der Waals surface area contributed by atoms with E-state index in [2.05, 4.69) is 31.0 Å². The van der Waals surface area contributed by atoms with Crippen molar-refractivity contribution in [3.8, 4) is 5.75 Å². The van der Waals surface area contributed by atoms with Gasteiger partial charge in [0.05, 0.1) is 11.8 Å². The number of aryl methyl sites for hydroxylation is 1. The van der Waals surface area contributed by atoms with Gasteiger partial charge in [-0.2, -0.15) is 0 Å². The zero-order chi connectivity index (χ0) is 17.5. The molecule has 3 rings (SSSR count). The van der Waals surface area contributed by atoms with Crippen molar-refractivity contribution in [2.75, 3.05) is 13.6 Å². The molecule has 1 saturated carbocycles. The van der Waals surface area contributed by atoms with Gasteiger partial charge in [-0.25, -0.2) is 0 Å². The molecule has 1 N–H and O–H groups in total. The van der Waals surface area contributed by atoms with Gasteiger partial charge in [0.25, 0.3) is 5.91 Å². The van der Waals surface area contributed by atoms with Gasteiger partial charge in [0.15, 0.2) is 0 Å². The van der Waals surface area contributed by atoms with Gasteiger partial charge in [-0.15, -0.1) is 0 Å². The van der Waals surface area contributed by atoms with E-state index < -0.39 is 0 Å². The Morgan fingerprint density at radius 1 is 1.29 bits per heavy atom. The van der Waals surface area contributed by atoms with Crippen molar-refractivity contribution in [3.63, 3.8) is 0 Å². The van der Waals surface area contributed by atoms with Crippen molar-refractivity contribution >= 4 is 5.91 Å². The number of carbonyl (C=O) groups is 1. The third-order valence-electron chi connectivity index (χ3n) is 5.34. The van der Waals surface area contributed by atoms with Gasteiger partial charge < -0.3 is 10.0 Å². The van der Waals surface area contributed by atoms with E-state index in [1.54, 1.807) is 18.0 Å². The van der Waals surface area contributed by atoms with E-state index in [0.29, 0.717) is 17.8 Å². The lowest BCUT2D eigenvalue weighted by Gasteiger charge is -2.28. The second-order valence-corrected chi connectivity index (χ2v) is 7.51. The molecule has 4 heteroatoms. The van der Waals surface area contributed by atoms with Crippen LogP contribution in [-0.2, 0) is 5.41 Å². The summed E-state index contributed by atoms with van der Waals surface area (Å²) in [5.41, 5.74) is 2.42. The van der Waals surface area contributed by atoms with E-state index in [1.165, 1.54) is 11.8 Å². The first-order valence-electron chi connectivity index (χ1n) is 8.23. The lowest BCUT2D eigenvalue weighted by molar-refractivity contribution is 0.0771. The summed E-state index contributed by atoms with van der Waals surface area (Å²) < 4.78 is 0. The number of rotatable bonds is 4. The van der Waals surface area contributed by atoms with Crippen LogP contribution < -0.4 is 0 Å². The smallest absolute Gasteiger partial charge is 0.257 e. The van der Waals surface area contributed by atoms with Crippen molar-refractivity contribution in [3.05, 3.63) is 59.4 Å². The third kappa shape index (κ3) is 2.66. The molecule has 1 amide bonds. The number of hydrogen-bond donors (Lipinski definition) is 1. The average Bonchev–Trinajstić information content (AvgIpc) is 3.11. The highest BCUT2D eigenvalue weighted by atomic mass is 16.3. The molecular formula is C20H24N2O2. The number of amides is 1. The van der Waals surface area contributed by atoms with Crippen molar-refractivity contribution < 1.29 is 9.90 Å². The molecule has 126 valence electrons. The maximum atomic E-state index is 12.8. The van der Waals surface area contributed by atoms with Crippen LogP contribution in [0.2, 0.25) is 0 Å². The Morgan fingerprint density at radius 2 is 1.92 bits per heavy atom. The summed E-state index contributed by atoms with van der Waals surface area (Å²) in [6.07, 6.45) is 2.38. The zero-order valence-electron chi connectivity index (χ0n) is 14.7. The van der Waals surface area contributed by atoms with Crippen LogP contribution in [0.5, 0.6) is 5.75 Å². The topological polar surface area (TPSA) is 53.4 Å². The van der Waals surface area contributed by atoms with Crippen LogP contribution in [0.15, 0.2) is 42.6 Å². The van der Waals surface area contributed by atoms with Gasteiger partial charge in [0.1, 0.15) is 5.75 Å². The summed E-state index contributed by atoms with van der Waals surface area (Å²) in [6, 6.07) is 12.0. The maximum absolute atomic E-state index is 12.8. The summed E-state index contributed by atoms with van der Waals surface area (Å²) in [7, 11) is 1.80. The van der Waals surface area contributed by atoms with Crippen LogP contribution in [0, 0.1) is 12.3 Å². The molecule has 1 unspecified atom stereocenters. The number of carbonyl (C=O) groups excluding carboxylic acids is 1. The van der Waals surface area contributed by atoms with Gasteiger partial charge >= 0.3 is 0 Å². The quantitative estimate of drug-likeness (QED) is 0.936. The second-order valence-electron chi connectivity index (χ2n) is 7.51. The number of aromatic nitrogens is 1. The van der Waals surface area contributed by atoms with Crippen LogP contribution in [0.4, 0.5) is 0 Å². The van der Waals surface area contributed by atoms with Crippen LogP contribution in [0.25, 0.3) is 0 Å². The standard InChI is InChI=1S/C20H24N2O2/c1-14-10-16(17(23)11-21-14)18(24)22(4)13-20(12-19(20,2)3)15-8-6-5-7-9-15/h5-11,23H,12-13H2,1-4H3. The minimum Gasteiger partial charge on any atom is -0.505 e. The van der Waals surface area contributed by atoms with E-state index in [-0.39, 0.29) is 22.5 Å². The van der Waals surface area contributed by atoms with E-state index in [0.717, 1.165) is 6.42 Å². The normalized spacial score (nSPS) is 21.3. The van der Waals surface area contributed by atoms with Crippen molar-refractivity contribution in [1.82, 2.24) is 9.88 Å². The van der Waals surface area contributed by atoms with Gasteiger partial charge in [-0.3, -0.25) is 9.78 Å². The van der Waals surface area contributed by atoms with Gasteiger partial charge in [-0.1, -0.05) is 44.2 Å². The lowest BCUT2D eigenvalue weighted by atomic mass is 9.87. The number of nitrogens with zero attached hydrogens (tertiary/aromatic N) is 2. The minimum absolute atomic E-state index is 0.0314. The Morgan fingerprint density at radius 3 is 2.50 bits per heavy atom. The Bertz CT molecular complexity index is 770. The highest BCUT2D eigenvalue weighted by Gasteiger charge is 2.62. The largest absolute Gasteiger partial charge is 0.505 e. The van der Waals surface area contributed by atoms with Crippen LogP contribution in [-0.4, -0.2) is 34.5 Å². The highest BCUT2D eigenvalue weighted by molar-refractivity contribution is 5.96. The van der Waals surface area contributed by atoms with Crippen molar-refractivity contribution in [1.29, 1.82) is 0 Å². The number of benzene rings is 1. The Hall–Kier alpha value is -2.36. The predicted molar refractivity (Wildman–Crippen MR) is 94.1 cm³/mol. The Balaban J connectivity index is 1.87. The van der Waals surface area contributed by atoms with E-state index in [1.807, 2.05) is 25.1 Å². The molecule has 0 bridgehead atoms. The molecule has 24 heavy (non-hydrogen) atoms. The Kier molecular flexibility index (Phi) is 3.86. The van der Waals surface area contributed by atoms with Crippen LogP contribution in [0.3, 0.4) is 0 Å². The molecule has 1 aromatic carbocycles. The summed E-state index contributed by atoms with van der Waals surface area (Å²) in [6.45, 7) is 6.92. The van der Waals surface area contributed by atoms with Crippen LogP contribution in [0.1, 0.15) is 41.9 Å². The van der Waals surface area contributed by atoms with E-state index in [4.69, 9.17) is 0 Å². The fraction of sp³-hybridized carbons (Fsp3) is 0.400. The average molecular weight is 324 g/mol. The lowest BCUT2D eigenvalue weighted by Crippen LogP contribution is -2.36. The third-order valence-corrected chi connectivity index (χ3v) is 5.34. The molecule has 1 aliphatic carbocycles. The van der Waals surface area contributed by atoms with Crippen LogP contribution >= 0.6 is 0 Å². The molecule has 1 atom stereocenters. The molecule has 0 radical (unpaired) electrons. The van der Waals surface area contributed by atoms with Gasteiger partial charge in [-0.05, 0) is 30.4 Å². The molecule has 1 aliphatic rings. The molecule has 1 fully saturated rings. The van der Waals surface area contributed by atoms with E-state index in [9.17, 15) is 9.90 Å². The molecule has 1 heterocycles.